The fourth-order valence-corrected chi connectivity index (χ4v) is 4.19. The lowest BCUT2D eigenvalue weighted by atomic mass is 10.0. The zero-order valence-electron chi connectivity index (χ0n) is 15.7. The Morgan fingerprint density at radius 3 is 2.56 bits per heavy atom. The predicted octanol–water partition coefficient (Wildman–Crippen LogP) is 2.41. The largest absolute Gasteiger partial charge is 0.378 e. The molecule has 1 N–H and O–H groups in total. The van der Waals surface area contributed by atoms with E-state index < -0.39 is 10.0 Å². The van der Waals surface area contributed by atoms with Crippen LogP contribution < -0.4 is 14.5 Å². The van der Waals surface area contributed by atoms with Crippen LogP contribution in [0.5, 0.6) is 0 Å². The maximum Gasteiger partial charge on any atom is 0.223 e. The molecule has 6 heteroatoms. The highest BCUT2D eigenvalue weighted by molar-refractivity contribution is 7.89. The average Bonchev–Trinajstić information content (AvgIpc) is 3.06. The number of sulfonamides is 1. The van der Waals surface area contributed by atoms with Gasteiger partial charge < -0.3 is 9.80 Å². The molecule has 1 aliphatic heterocycles. The third kappa shape index (κ3) is 4.44. The van der Waals surface area contributed by atoms with E-state index in [1.54, 1.807) is 0 Å². The number of nitrogens with one attached hydrogen (secondary N) is 1. The highest BCUT2D eigenvalue weighted by atomic mass is 32.2. The van der Waals surface area contributed by atoms with E-state index in [1.807, 2.05) is 31.1 Å². The second-order valence-corrected chi connectivity index (χ2v) is 8.69. The molecule has 142 valence electrons. The van der Waals surface area contributed by atoms with E-state index in [0.29, 0.717) is 0 Å². The molecule has 3 rings (SSSR count). The normalized spacial score (nSPS) is 14.5. The third-order valence-electron chi connectivity index (χ3n) is 4.86. The molecule has 2 aromatic carbocycles. The number of para-hydroxylation sites is 1. The van der Waals surface area contributed by atoms with Crippen molar-refractivity contribution in [1.82, 2.24) is 4.72 Å². The van der Waals surface area contributed by atoms with Gasteiger partial charge in [-0.3, -0.25) is 0 Å². The first-order valence-corrected chi connectivity index (χ1v) is 10.6. The van der Waals surface area contributed by atoms with Crippen molar-refractivity contribution in [3.63, 3.8) is 0 Å². The van der Waals surface area contributed by atoms with Crippen molar-refractivity contribution >= 4 is 21.4 Å². The first-order chi connectivity index (χ1) is 12.9. The SMILES string of the molecule is C#CCS(=O)(=O)NC[C@@H](c1ccc(N(C)C)cc1)N1CCc2ccccc21. The minimum absolute atomic E-state index is 0.0996. The summed E-state index contributed by atoms with van der Waals surface area (Å²) < 4.78 is 26.9. The standard InChI is InChI=1S/C21H25N3O2S/c1-4-15-27(25,26)22-16-21(18-9-11-19(12-10-18)23(2)3)24-14-13-17-7-5-6-8-20(17)24/h1,5-12,21-22H,13-16H2,2-3H3/t21-/m0/s1. The zero-order chi connectivity index (χ0) is 19.4. The van der Waals surface area contributed by atoms with Crippen molar-refractivity contribution in [3.05, 3.63) is 59.7 Å². The Balaban J connectivity index is 1.91. The van der Waals surface area contributed by atoms with Crippen LogP contribution in [-0.2, 0) is 16.4 Å². The lowest BCUT2D eigenvalue weighted by molar-refractivity contribution is 0.566. The van der Waals surface area contributed by atoms with Crippen LogP contribution in [0, 0.1) is 12.3 Å². The highest BCUT2D eigenvalue weighted by Gasteiger charge is 2.28. The Bertz CT molecular complexity index is 931. The molecule has 0 saturated carbocycles. The van der Waals surface area contributed by atoms with E-state index in [1.165, 1.54) is 5.56 Å². The molecule has 0 bridgehead atoms. The number of nitrogens with zero attached hydrogens (tertiary/aromatic N) is 2. The van der Waals surface area contributed by atoms with Gasteiger partial charge in [0.2, 0.25) is 10.0 Å². The van der Waals surface area contributed by atoms with Crippen molar-refractivity contribution in [2.75, 3.05) is 42.7 Å². The van der Waals surface area contributed by atoms with Gasteiger partial charge in [0.15, 0.2) is 0 Å². The smallest absolute Gasteiger partial charge is 0.223 e. The molecule has 0 saturated heterocycles. The van der Waals surface area contributed by atoms with Crippen LogP contribution in [0.4, 0.5) is 11.4 Å². The minimum atomic E-state index is -3.48. The van der Waals surface area contributed by atoms with Gasteiger partial charge in [0, 0.05) is 38.6 Å². The molecule has 0 unspecified atom stereocenters. The topological polar surface area (TPSA) is 52.7 Å². The number of hydrogen-bond donors (Lipinski definition) is 1. The van der Waals surface area contributed by atoms with Crippen LogP contribution in [0.2, 0.25) is 0 Å². The third-order valence-corrected chi connectivity index (χ3v) is 6.02. The molecule has 0 radical (unpaired) electrons. The average molecular weight is 384 g/mol. The quantitative estimate of drug-likeness (QED) is 0.746. The summed E-state index contributed by atoms with van der Waals surface area (Å²) in [6, 6.07) is 16.4. The summed E-state index contributed by atoms with van der Waals surface area (Å²) >= 11 is 0. The number of fused-ring (bicyclic) bond motifs is 1. The first kappa shape index (κ1) is 19.3. The fraction of sp³-hybridized carbons (Fsp3) is 0.333. The van der Waals surface area contributed by atoms with Crippen molar-refractivity contribution < 1.29 is 8.42 Å². The second kappa shape index (κ2) is 8.03. The Morgan fingerprint density at radius 2 is 1.89 bits per heavy atom. The maximum absolute atomic E-state index is 12.1. The van der Waals surface area contributed by atoms with Crippen LogP contribution in [0.1, 0.15) is 17.2 Å². The molecule has 0 fully saturated rings. The van der Waals surface area contributed by atoms with Gasteiger partial charge in [-0.25, -0.2) is 13.1 Å². The molecule has 1 aliphatic rings. The summed E-state index contributed by atoms with van der Waals surface area (Å²) in [6.45, 7) is 1.13. The Morgan fingerprint density at radius 1 is 1.19 bits per heavy atom. The number of anilines is 2. The summed E-state index contributed by atoms with van der Waals surface area (Å²) in [7, 11) is 0.510. The molecular formula is C21H25N3O2S. The summed E-state index contributed by atoms with van der Waals surface area (Å²) in [6.07, 6.45) is 6.14. The minimum Gasteiger partial charge on any atom is -0.378 e. The van der Waals surface area contributed by atoms with Crippen LogP contribution in [0.3, 0.4) is 0 Å². The van der Waals surface area contributed by atoms with E-state index in [4.69, 9.17) is 6.42 Å². The summed E-state index contributed by atoms with van der Waals surface area (Å²) in [4.78, 5) is 4.32. The van der Waals surface area contributed by atoms with Gasteiger partial charge >= 0.3 is 0 Å². The molecular weight excluding hydrogens is 358 g/mol. The number of benzene rings is 2. The number of terminal acetylenes is 1. The van der Waals surface area contributed by atoms with E-state index in [2.05, 4.69) is 51.9 Å². The molecule has 2 aromatic rings. The second-order valence-electron chi connectivity index (χ2n) is 6.89. The van der Waals surface area contributed by atoms with Crippen LogP contribution in [-0.4, -0.2) is 41.4 Å². The fourth-order valence-electron chi connectivity index (χ4n) is 3.46. The summed E-state index contributed by atoms with van der Waals surface area (Å²) in [5.74, 6) is 1.90. The predicted molar refractivity (Wildman–Crippen MR) is 112 cm³/mol. The van der Waals surface area contributed by atoms with Crippen LogP contribution >= 0.6 is 0 Å². The molecule has 27 heavy (non-hydrogen) atoms. The van der Waals surface area contributed by atoms with Crippen LogP contribution in [0.15, 0.2) is 48.5 Å². The molecule has 0 aliphatic carbocycles. The van der Waals surface area contributed by atoms with Gasteiger partial charge in [0.1, 0.15) is 5.75 Å². The van der Waals surface area contributed by atoms with Gasteiger partial charge in [-0.1, -0.05) is 36.3 Å². The lowest BCUT2D eigenvalue weighted by Gasteiger charge is -2.31. The molecule has 1 heterocycles. The summed E-state index contributed by atoms with van der Waals surface area (Å²) in [5.41, 5.74) is 4.63. The van der Waals surface area contributed by atoms with Crippen molar-refractivity contribution in [2.45, 2.75) is 12.5 Å². The first-order valence-electron chi connectivity index (χ1n) is 8.94. The molecule has 1 atom stereocenters. The Labute approximate surface area is 162 Å². The van der Waals surface area contributed by atoms with Gasteiger partial charge in [0.25, 0.3) is 0 Å². The van der Waals surface area contributed by atoms with E-state index in [9.17, 15) is 8.42 Å². The van der Waals surface area contributed by atoms with Crippen LogP contribution in [0.25, 0.3) is 0 Å². The zero-order valence-corrected chi connectivity index (χ0v) is 16.5. The highest BCUT2D eigenvalue weighted by Crippen LogP contribution is 2.35. The van der Waals surface area contributed by atoms with Crippen molar-refractivity contribution in [2.24, 2.45) is 0 Å². The van der Waals surface area contributed by atoms with Gasteiger partial charge in [-0.2, -0.15) is 0 Å². The Kier molecular flexibility index (Phi) is 5.73. The molecule has 5 nitrogen and oxygen atoms in total. The van der Waals surface area contributed by atoms with E-state index in [-0.39, 0.29) is 18.3 Å². The van der Waals surface area contributed by atoms with Gasteiger partial charge in [-0.15, -0.1) is 6.42 Å². The van der Waals surface area contributed by atoms with Gasteiger partial charge in [0.05, 0.1) is 6.04 Å². The monoisotopic (exact) mass is 383 g/mol. The maximum atomic E-state index is 12.1. The lowest BCUT2D eigenvalue weighted by Crippen LogP contribution is -2.38. The summed E-state index contributed by atoms with van der Waals surface area (Å²) in [5, 5.41) is 0. The molecule has 0 amide bonds. The van der Waals surface area contributed by atoms with Gasteiger partial charge in [-0.05, 0) is 35.7 Å². The van der Waals surface area contributed by atoms with Crippen molar-refractivity contribution in [3.8, 4) is 12.3 Å². The van der Waals surface area contributed by atoms with Crippen molar-refractivity contribution in [1.29, 1.82) is 0 Å². The van der Waals surface area contributed by atoms with E-state index in [0.717, 1.165) is 29.9 Å². The Hall–Kier alpha value is -2.49. The molecule has 0 aromatic heterocycles. The molecule has 0 spiro atoms. The number of hydrogen-bond acceptors (Lipinski definition) is 4. The van der Waals surface area contributed by atoms with E-state index >= 15 is 0 Å². The number of rotatable bonds is 7.